The van der Waals surface area contributed by atoms with Crippen molar-refractivity contribution in [3.8, 4) is 33.4 Å². The second-order valence-electron chi connectivity index (χ2n) is 15.7. The molecule has 0 bridgehead atoms. The van der Waals surface area contributed by atoms with Crippen LogP contribution in [0.4, 0.5) is 0 Å². The Kier molecular flexibility index (Phi) is 8.23. The highest BCUT2D eigenvalue weighted by molar-refractivity contribution is 6.19. The van der Waals surface area contributed by atoms with Crippen molar-refractivity contribution in [2.75, 3.05) is 0 Å². The number of hydrogen-bond donors (Lipinski definition) is 0. The van der Waals surface area contributed by atoms with E-state index >= 15 is 0 Å². The summed E-state index contributed by atoms with van der Waals surface area (Å²) in [5, 5.41) is 4.56. The topological polar surface area (TPSA) is 25.5 Å². The van der Waals surface area contributed by atoms with Crippen molar-refractivity contribution >= 4 is 49.7 Å². The number of para-hydroxylation sites is 1. The molecule has 1 aliphatic carbocycles. The van der Waals surface area contributed by atoms with Gasteiger partial charge in [-0.1, -0.05) is 172 Å². The van der Waals surface area contributed by atoms with Gasteiger partial charge in [-0.05, 0) is 104 Å². The van der Waals surface area contributed by atoms with E-state index in [1.807, 2.05) is 12.1 Å². The number of rotatable bonds is 7. The zero-order valence-electron chi connectivity index (χ0n) is 32.4. The molecule has 0 aliphatic heterocycles. The van der Waals surface area contributed by atoms with E-state index in [-0.39, 0.29) is 5.41 Å². The molecule has 2 nitrogen and oxygen atoms in total. The summed E-state index contributed by atoms with van der Waals surface area (Å²) in [5.74, 6) is 0. The van der Waals surface area contributed by atoms with Crippen LogP contribution in [0.25, 0.3) is 77.4 Å². The van der Waals surface area contributed by atoms with E-state index in [9.17, 15) is 0 Å². The van der Waals surface area contributed by atoms with Crippen LogP contribution in [0.1, 0.15) is 48.6 Å². The maximum Gasteiger partial charge on any atom is 0.143 e. The maximum atomic E-state index is 6.49. The smallest absolute Gasteiger partial charge is 0.143 e. The summed E-state index contributed by atoms with van der Waals surface area (Å²) in [5.41, 5.74) is 17.5. The van der Waals surface area contributed by atoms with Crippen LogP contribution in [-0.4, -0.2) is 5.71 Å². The third-order valence-corrected chi connectivity index (χ3v) is 11.8. The molecule has 1 aliphatic rings. The highest BCUT2D eigenvalue weighted by Gasteiger charge is 2.35. The Hall–Kier alpha value is -7.03. The van der Waals surface area contributed by atoms with Gasteiger partial charge in [0.05, 0.1) is 5.70 Å². The van der Waals surface area contributed by atoms with Crippen LogP contribution in [0.15, 0.2) is 198 Å². The largest absolute Gasteiger partial charge is 0.455 e. The number of allylic oxidation sites excluding steroid dienone is 2. The first-order valence-corrected chi connectivity index (χ1v) is 19.6. The van der Waals surface area contributed by atoms with Gasteiger partial charge < -0.3 is 4.42 Å². The first-order chi connectivity index (χ1) is 27.8. The predicted molar refractivity (Wildman–Crippen MR) is 242 cm³/mol. The van der Waals surface area contributed by atoms with E-state index in [4.69, 9.17) is 9.41 Å². The number of nitrogens with zero attached hydrogens (tertiary/aromatic N) is 1. The van der Waals surface area contributed by atoms with E-state index in [0.29, 0.717) is 0 Å². The Morgan fingerprint density at radius 2 is 1.25 bits per heavy atom. The number of furan rings is 1. The molecular formula is C55H41NO. The van der Waals surface area contributed by atoms with Crippen LogP contribution in [-0.2, 0) is 5.41 Å². The van der Waals surface area contributed by atoms with Crippen molar-refractivity contribution in [1.29, 1.82) is 0 Å². The van der Waals surface area contributed by atoms with Gasteiger partial charge in [0.25, 0.3) is 0 Å². The lowest BCUT2D eigenvalue weighted by molar-refractivity contribution is 0.660. The van der Waals surface area contributed by atoms with Crippen LogP contribution in [0.5, 0.6) is 0 Å². The molecule has 272 valence electrons. The molecule has 10 rings (SSSR count). The quantitative estimate of drug-likeness (QED) is 0.118. The molecule has 0 saturated heterocycles. The van der Waals surface area contributed by atoms with Gasteiger partial charge in [-0.15, -0.1) is 0 Å². The van der Waals surface area contributed by atoms with Crippen LogP contribution in [0.3, 0.4) is 0 Å². The van der Waals surface area contributed by atoms with Gasteiger partial charge in [0.15, 0.2) is 0 Å². The highest BCUT2D eigenvalue weighted by Crippen LogP contribution is 2.49. The minimum atomic E-state index is -0.0724. The molecule has 2 heteroatoms. The van der Waals surface area contributed by atoms with Gasteiger partial charge in [0.2, 0.25) is 0 Å². The van der Waals surface area contributed by atoms with Gasteiger partial charge in [-0.25, -0.2) is 0 Å². The lowest BCUT2D eigenvalue weighted by Gasteiger charge is -2.21. The summed E-state index contributed by atoms with van der Waals surface area (Å²) in [6.45, 7) is 11.3. The zero-order chi connectivity index (χ0) is 38.7. The molecule has 1 heterocycles. The first-order valence-electron chi connectivity index (χ1n) is 19.6. The summed E-state index contributed by atoms with van der Waals surface area (Å²) >= 11 is 0. The average molecular weight is 732 g/mol. The van der Waals surface area contributed by atoms with Crippen molar-refractivity contribution in [3.05, 3.63) is 216 Å². The molecule has 9 aromatic rings. The standard InChI is InChI=1S/C55H41NO/c1-35(41-17-12-18-42(33-41)38-14-6-5-7-15-38)32-51(43-29-31-50-48(34-43)45-19-8-10-22-49(45)55(50,3)4)56-36(2)37-24-26-39(27-25-37)44-21-13-16-40-28-30-47-46-20-9-11-23-52(46)57-54(47)53(40)44/h5-34H,1H2,2-4H3/b51-32-,56-36?. The minimum absolute atomic E-state index is 0.0724. The molecule has 0 spiro atoms. The Balaban J connectivity index is 1.06. The summed E-state index contributed by atoms with van der Waals surface area (Å²) in [6, 6.07) is 62.6. The molecule has 0 N–H and O–H groups in total. The van der Waals surface area contributed by atoms with Crippen LogP contribution in [0.2, 0.25) is 0 Å². The van der Waals surface area contributed by atoms with Crippen molar-refractivity contribution in [3.63, 3.8) is 0 Å². The van der Waals surface area contributed by atoms with Crippen molar-refractivity contribution in [2.24, 2.45) is 4.99 Å². The molecular weight excluding hydrogens is 691 g/mol. The average Bonchev–Trinajstić information content (AvgIpc) is 3.75. The molecule has 1 aromatic heterocycles. The molecule has 0 saturated carbocycles. The fourth-order valence-corrected chi connectivity index (χ4v) is 8.77. The molecule has 0 atom stereocenters. The number of hydrogen-bond acceptors (Lipinski definition) is 2. The SMILES string of the molecule is C=C(/C=C(\N=C(C)c1ccc(-c2cccc3ccc4c5ccccc5oc4c23)cc1)c1ccc2c(c1)-c1ccccc1C2(C)C)c1cccc(-c2ccccc2)c1. The van der Waals surface area contributed by atoms with E-state index in [0.717, 1.165) is 83.1 Å². The van der Waals surface area contributed by atoms with Crippen molar-refractivity contribution in [2.45, 2.75) is 26.2 Å². The Bertz CT molecular complexity index is 3100. The van der Waals surface area contributed by atoms with Crippen molar-refractivity contribution in [1.82, 2.24) is 0 Å². The van der Waals surface area contributed by atoms with Gasteiger partial charge >= 0.3 is 0 Å². The minimum Gasteiger partial charge on any atom is -0.455 e. The molecule has 0 unspecified atom stereocenters. The number of benzene rings is 8. The number of aliphatic imine (C=N–C) groups is 1. The highest BCUT2D eigenvalue weighted by atomic mass is 16.3. The van der Waals surface area contributed by atoms with Crippen molar-refractivity contribution < 1.29 is 4.42 Å². The van der Waals surface area contributed by atoms with Gasteiger partial charge in [0, 0.05) is 32.8 Å². The molecule has 0 fully saturated rings. The summed E-state index contributed by atoms with van der Waals surface area (Å²) in [6.07, 6.45) is 2.14. The zero-order valence-corrected chi connectivity index (χ0v) is 32.4. The third kappa shape index (κ3) is 5.93. The van der Waals surface area contributed by atoms with E-state index < -0.39 is 0 Å². The Morgan fingerprint density at radius 1 is 0.544 bits per heavy atom. The van der Waals surface area contributed by atoms with Gasteiger partial charge in [-0.2, -0.15) is 0 Å². The van der Waals surface area contributed by atoms with E-state index in [2.05, 4.69) is 197 Å². The second kappa shape index (κ2) is 13.6. The predicted octanol–water partition coefficient (Wildman–Crippen LogP) is 14.9. The lowest BCUT2D eigenvalue weighted by Crippen LogP contribution is -2.14. The molecule has 57 heavy (non-hydrogen) atoms. The third-order valence-electron chi connectivity index (χ3n) is 11.8. The summed E-state index contributed by atoms with van der Waals surface area (Å²) < 4.78 is 6.49. The maximum absolute atomic E-state index is 6.49. The monoisotopic (exact) mass is 731 g/mol. The fraction of sp³-hybridized carbons (Fsp3) is 0.0727. The first kappa shape index (κ1) is 34.5. The second-order valence-corrected chi connectivity index (χ2v) is 15.7. The normalized spacial score (nSPS) is 13.6. The molecule has 8 aromatic carbocycles. The molecule has 0 radical (unpaired) electrons. The van der Waals surface area contributed by atoms with Crippen LogP contribution >= 0.6 is 0 Å². The van der Waals surface area contributed by atoms with Gasteiger partial charge in [-0.3, -0.25) is 4.99 Å². The van der Waals surface area contributed by atoms with Gasteiger partial charge in [0.1, 0.15) is 11.2 Å². The number of fused-ring (bicyclic) bond motifs is 8. The Morgan fingerprint density at radius 3 is 2.11 bits per heavy atom. The van der Waals surface area contributed by atoms with Crippen LogP contribution < -0.4 is 0 Å². The molecule has 0 amide bonds. The van der Waals surface area contributed by atoms with E-state index in [1.54, 1.807) is 0 Å². The summed E-state index contributed by atoms with van der Waals surface area (Å²) in [4.78, 5) is 5.40. The lowest BCUT2D eigenvalue weighted by atomic mass is 9.82. The summed E-state index contributed by atoms with van der Waals surface area (Å²) in [7, 11) is 0. The van der Waals surface area contributed by atoms with Crippen LogP contribution in [0, 0.1) is 0 Å². The Labute approximate surface area is 333 Å². The van der Waals surface area contributed by atoms with E-state index in [1.165, 1.54) is 27.8 Å². The fourth-order valence-electron chi connectivity index (χ4n) is 8.77.